The van der Waals surface area contributed by atoms with Crippen molar-refractivity contribution < 1.29 is 9.59 Å². The molecular formula is C21H26N2O2S. The summed E-state index contributed by atoms with van der Waals surface area (Å²) >= 11 is 1.48. The lowest BCUT2D eigenvalue weighted by molar-refractivity contribution is -0.118. The third kappa shape index (κ3) is 6.92. The van der Waals surface area contributed by atoms with Crippen LogP contribution in [0.1, 0.15) is 34.1 Å². The largest absolute Gasteiger partial charge is 0.326 e. The second-order valence-corrected chi connectivity index (χ2v) is 8.84. The maximum atomic E-state index is 12.3. The van der Waals surface area contributed by atoms with E-state index in [1.807, 2.05) is 82.3 Å². The van der Waals surface area contributed by atoms with Crippen LogP contribution in [0.15, 0.2) is 59.5 Å². The van der Waals surface area contributed by atoms with Gasteiger partial charge in [-0.1, -0.05) is 39.0 Å². The van der Waals surface area contributed by atoms with E-state index in [9.17, 15) is 9.59 Å². The predicted molar refractivity (Wildman–Crippen MR) is 110 cm³/mol. The van der Waals surface area contributed by atoms with Crippen molar-refractivity contribution in [1.29, 1.82) is 0 Å². The molecule has 0 aliphatic carbocycles. The highest BCUT2D eigenvalue weighted by Gasteiger charge is 2.17. The van der Waals surface area contributed by atoms with Crippen LogP contribution in [0.3, 0.4) is 0 Å². The smallest absolute Gasteiger partial charge is 0.237 e. The molecule has 1 unspecified atom stereocenters. The van der Waals surface area contributed by atoms with Gasteiger partial charge < -0.3 is 10.6 Å². The third-order valence-electron chi connectivity index (χ3n) is 3.55. The number of carbonyl (C=O) groups excluding carboxylic acids is 2. The van der Waals surface area contributed by atoms with E-state index < -0.39 is 0 Å². The van der Waals surface area contributed by atoms with Crippen molar-refractivity contribution in [2.75, 3.05) is 10.6 Å². The SMILES string of the molecule is CC(Sc1ccc(NC(=O)CC(C)(C)C)cc1)C(=O)Nc1ccccc1. The van der Waals surface area contributed by atoms with Crippen molar-refractivity contribution in [3.63, 3.8) is 0 Å². The number of hydrogen-bond donors (Lipinski definition) is 2. The van der Waals surface area contributed by atoms with Crippen LogP contribution in [0.4, 0.5) is 11.4 Å². The fraction of sp³-hybridized carbons (Fsp3) is 0.333. The van der Waals surface area contributed by atoms with Gasteiger partial charge in [-0.05, 0) is 48.7 Å². The molecule has 0 aliphatic rings. The molecule has 1 atom stereocenters. The summed E-state index contributed by atoms with van der Waals surface area (Å²) in [6.45, 7) is 7.98. The first kappa shape index (κ1) is 20.0. The van der Waals surface area contributed by atoms with Crippen LogP contribution in [-0.2, 0) is 9.59 Å². The topological polar surface area (TPSA) is 58.2 Å². The number of hydrogen-bond acceptors (Lipinski definition) is 3. The number of benzene rings is 2. The summed E-state index contributed by atoms with van der Waals surface area (Å²) < 4.78 is 0. The molecule has 0 radical (unpaired) electrons. The van der Waals surface area contributed by atoms with Gasteiger partial charge in [-0.15, -0.1) is 11.8 Å². The molecular weight excluding hydrogens is 344 g/mol. The molecule has 2 aromatic rings. The van der Waals surface area contributed by atoms with Crippen LogP contribution in [0.25, 0.3) is 0 Å². The highest BCUT2D eigenvalue weighted by atomic mass is 32.2. The Morgan fingerprint density at radius 2 is 1.50 bits per heavy atom. The molecule has 0 fully saturated rings. The fourth-order valence-corrected chi connectivity index (χ4v) is 3.19. The van der Waals surface area contributed by atoms with Crippen molar-refractivity contribution in [1.82, 2.24) is 0 Å². The summed E-state index contributed by atoms with van der Waals surface area (Å²) in [5.41, 5.74) is 1.52. The van der Waals surface area contributed by atoms with Gasteiger partial charge in [0, 0.05) is 22.7 Å². The van der Waals surface area contributed by atoms with Crippen LogP contribution >= 0.6 is 11.8 Å². The molecule has 0 aromatic heterocycles. The Morgan fingerprint density at radius 3 is 2.08 bits per heavy atom. The summed E-state index contributed by atoms with van der Waals surface area (Å²) in [5, 5.41) is 5.59. The van der Waals surface area contributed by atoms with E-state index in [0.717, 1.165) is 16.3 Å². The number of para-hydroxylation sites is 1. The number of carbonyl (C=O) groups is 2. The normalized spacial score (nSPS) is 12.3. The average Bonchev–Trinajstić information content (AvgIpc) is 2.55. The first-order chi connectivity index (χ1) is 12.2. The molecule has 2 amide bonds. The molecule has 0 saturated carbocycles. The second kappa shape index (κ2) is 8.90. The van der Waals surface area contributed by atoms with Crippen LogP contribution < -0.4 is 10.6 Å². The summed E-state index contributed by atoms with van der Waals surface area (Å²) in [7, 11) is 0. The van der Waals surface area contributed by atoms with E-state index in [1.165, 1.54) is 11.8 Å². The monoisotopic (exact) mass is 370 g/mol. The second-order valence-electron chi connectivity index (χ2n) is 7.43. The Labute approximate surface area is 159 Å². The van der Waals surface area contributed by atoms with Gasteiger partial charge in [-0.25, -0.2) is 0 Å². The van der Waals surface area contributed by atoms with Crippen LogP contribution in [0, 0.1) is 5.41 Å². The summed E-state index contributed by atoms with van der Waals surface area (Å²) in [4.78, 5) is 25.2. The van der Waals surface area contributed by atoms with E-state index in [-0.39, 0.29) is 22.5 Å². The minimum Gasteiger partial charge on any atom is -0.326 e. The minimum absolute atomic E-state index is 0.00788. The third-order valence-corrected chi connectivity index (χ3v) is 4.66. The van der Waals surface area contributed by atoms with E-state index >= 15 is 0 Å². The maximum absolute atomic E-state index is 12.3. The van der Waals surface area contributed by atoms with Crippen molar-refractivity contribution in [3.8, 4) is 0 Å². The number of rotatable bonds is 6. The molecule has 0 spiro atoms. The van der Waals surface area contributed by atoms with Crippen LogP contribution in [-0.4, -0.2) is 17.1 Å². The van der Waals surface area contributed by atoms with Gasteiger partial charge >= 0.3 is 0 Å². The molecule has 0 heterocycles. The van der Waals surface area contributed by atoms with Gasteiger partial charge in [-0.3, -0.25) is 9.59 Å². The zero-order chi connectivity index (χ0) is 19.2. The Bertz CT molecular complexity index is 737. The van der Waals surface area contributed by atoms with Gasteiger partial charge in [-0.2, -0.15) is 0 Å². The molecule has 0 saturated heterocycles. The van der Waals surface area contributed by atoms with Crippen LogP contribution in [0.2, 0.25) is 0 Å². The summed E-state index contributed by atoms with van der Waals surface area (Å²) in [6, 6.07) is 17.0. The van der Waals surface area contributed by atoms with Crippen molar-refractivity contribution in [2.45, 2.75) is 44.3 Å². The molecule has 138 valence electrons. The fourth-order valence-electron chi connectivity index (χ4n) is 2.33. The first-order valence-electron chi connectivity index (χ1n) is 8.65. The van der Waals surface area contributed by atoms with Gasteiger partial charge in [0.2, 0.25) is 11.8 Å². The molecule has 0 bridgehead atoms. The van der Waals surface area contributed by atoms with E-state index in [0.29, 0.717) is 6.42 Å². The van der Waals surface area contributed by atoms with E-state index in [2.05, 4.69) is 10.6 Å². The lowest BCUT2D eigenvalue weighted by Crippen LogP contribution is -2.22. The molecule has 5 heteroatoms. The van der Waals surface area contributed by atoms with Gasteiger partial charge in [0.15, 0.2) is 0 Å². The highest BCUT2D eigenvalue weighted by Crippen LogP contribution is 2.26. The van der Waals surface area contributed by atoms with Gasteiger partial charge in [0.25, 0.3) is 0 Å². The van der Waals surface area contributed by atoms with E-state index in [1.54, 1.807) is 0 Å². The zero-order valence-electron chi connectivity index (χ0n) is 15.7. The van der Waals surface area contributed by atoms with Crippen molar-refractivity contribution in [2.24, 2.45) is 5.41 Å². The summed E-state index contributed by atoms with van der Waals surface area (Å²) in [6.07, 6.45) is 0.472. The Balaban J connectivity index is 1.88. The number of amides is 2. The lowest BCUT2D eigenvalue weighted by Gasteiger charge is -2.17. The molecule has 4 nitrogen and oxygen atoms in total. The molecule has 0 aliphatic heterocycles. The first-order valence-corrected chi connectivity index (χ1v) is 9.53. The quantitative estimate of drug-likeness (QED) is 0.689. The predicted octanol–water partition coefficient (Wildman–Crippen LogP) is 5.18. The summed E-state index contributed by atoms with van der Waals surface area (Å²) in [5.74, 6) is -0.0303. The molecule has 2 N–H and O–H groups in total. The lowest BCUT2D eigenvalue weighted by atomic mass is 9.92. The molecule has 2 rings (SSSR count). The standard InChI is InChI=1S/C21H26N2O2S/c1-15(20(25)23-16-8-6-5-7-9-16)26-18-12-10-17(11-13-18)22-19(24)14-21(2,3)4/h5-13,15H,14H2,1-4H3,(H,22,24)(H,23,25). The van der Waals surface area contributed by atoms with Crippen molar-refractivity contribution >= 4 is 35.0 Å². The number of nitrogens with one attached hydrogen (secondary N) is 2. The molecule has 26 heavy (non-hydrogen) atoms. The van der Waals surface area contributed by atoms with Crippen molar-refractivity contribution in [3.05, 3.63) is 54.6 Å². The zero-order valence-corrected chi connectivity index (χ0v) is 16.5. The number of thioether (sulfide) groups is 1. The van der Waals surface area contributed by atoms with Gasteiger partial charge in [0.05, 0.1) is 5.25 Å². The maximum Gasteiger partial charge on any atom is 0.237 e. The Hall–Kier alpha value is -2.27. The highest BCUT2D eigenvalue weighted by molar-refractivity contribution is 8.00. The van der Waals surface area contributed by atoms with Crippen LogP contribution in [0.5, 0.6) is 0 Å². The molecule has 2 aromatic carbocycles. The minimum atomic E-state index is -0.225. The Kier molecular flexibility index (Phi) is 6.86. The van der Waals surface area contributed by atoms with E-state index in [4.69, 9.17) is 0 Å². The number of anilines is 2. The van der Waals surface area contributed by atoms with Gasteiger partial charge in [0.1, 0.15) is 0 Å². The average molecular weight is 371 g/mol. The Morgan fingerprint density at radius 1 is 0.923 bits per heavy atom.